The summed E-state index contributed by atoms with van der Waals surface area (Å²) in [6, 6.07) is 4.11. The van der Waals surface area contributed by atoms with Crippen LogP contribution in [0.3, 0.4) is 0 Å². The number of methoxy groups -OCH3 is 1. The molecule has 0 aromatic heterocycles. The average Bonchev–Trinajstić information content (AvgIpc) is 2.26. The molecule has 6 nitrogen and oxygen atoms in total. The first-order valence-corrected chi connectivity index (χ1v) is 4.49. The van der Waals surface area contributed by atoms with Gasteiger partial charge in [-0.3, -0.25) is 10.1 Å². The van der Waals surface area contributed by atoms with E-state index in [4.69, 9.17) is 26.3 Å². The number of benzene rings is 1. The molecule has 16 heavy (non-hydrogen) atoms. The number of halogens is 1. The van der Waals surface area contributed by atoms with E-state index in [1.165, 1.54) is 13.2 Å². The molecule has 0 saturated heterocycles. The van der Waals surface area contributed by atoms with E-state index in [9.17, 15) is 10.1 Å². The van der Waals surface area contributed by atoms with Crippen LogP contribution in [0.15, 0.2) is 12.1 Å². The number of hydrogen-bond acceptors (Lipinski definition) is 5. The molecule has 0 amide bonds. The van der Waals surface area contributed by atoms with Gasteiger partial charge in [-0.05, 0) is 0 Å². The van der Waals surface area contributed by atoms with Crippen LogP contribution in [-0.2, 0) is 0 Å². The van der Waals surface area contributed by atoms with Crippen LogP contribution in [0.25, 0.3) is 0 Å². The Morgan fingerprint density at radius 3 is 2.75 bits per heavy atom. The molecule has 0 aliphatic heterocycles. The lowest BCUT2D eigenvalue weighted by molar-refractivity contribution is -0.385. The summed E-state index contributed by atoms with van der Waals surface area (Å²) in [6.07, 6.45) is 0. The Labute approximate surface area is 96.1 Å². The van der Waals surface area contributed by atoms with E-state index in [1.54, 1.807) is 6.07 Å². The monoisotopic (exact) mass is 242 g/mol. The fourth-order valence-corrected chi connectivity index (χ4v) is 1.28. The van der Waals surface area contributed by atoms with E-state index >= 15 is 0 Å². The van der Waals surface area contributed by atoms with Gasteiger partial charge in [0.05, 0.1) is 17.1 Å². The summed E-state index contributed by atoms with van der Waals surface area (Å²) in [4.78, 5) is 10.0. The second-order valence-electron chi connectivity index (χ2n) is 2.66. The lowest BCUT2D eigenvalue weighted by Crippen LogP contribution is -1.99. The second kappa shape index (κ2) is 5.19. The third-order valence-corrected chi connectivity index (χ3v) is 2.02. The number of ether oxygens (including phenoxy) is 2. The first kappa shape index (κ1) is 12.1. The van der Waals surface area contributed by atoms with Gasteiger partial charge < -0.3 is 9.47 Å². The number of nitrogens with zero attached hydrogens (tertiary/aromatic N) is 2. The van der Waals surface area contributed by atoms with Crippen molar-refractivity contribution in [1.82, 2.24) is 0 Å². The van der Waals surface area contributed by atoms with Crippen molar-refractivity contribution in [3.05, 3.63) is 27.3 Å². The number of hydrogen-bond donors (Lipinski definition) is 0. The first-order chi connectivity index (χ1) is 7.60. The predicted octanol–water partition coefficient (Wildman–Crippen LogP) is 2.16. The van der Waals surface area contributed by atoms with Crippen molar-refractivity contribution in [2.75, 3.05) is 13.7 Å². The minimum atomic E-state index is -0.641. The maximum atomic E-state index is 10.7. The first-order valence-electron chi connectivity index (χ1n) is 4.11. The fourth-order valence-electron chi connectivity index (χ4n) is 1.05. The van der Waals surface area contributed by atoms with Crippen LogP contribution in [0.5, 0.6) is 11.5 Å². The third kappa shape index (κ3) is 2.52. The molecule has 0 heterocycles. The van der Waals surface area contributed by atoms with E-state index in [-0.39, 0.29) is 28.8 Å². The topological polar surface area (TPSA) is 85.4 Å². The molecule has 0 bridgehead atoms. The Morgan fingerprint density at radius 1 is 1.56 bits per heavy atom. The summed E-state index contributed by atoms with van der Waals surface area (Å²) in [5.74, 6) is 0.202. The van der Waals surface area contributed by atoms with E-state index in [0.29, 0.717) is 0 Å². The molecule has 0 aliphatic rings. The molecule has 0 spiro atoms. The summed E-state index contributed by atoms with van der Waals surface area (Å²) >= 11 is 5.73. The van der Waals surface area contributed by atoms with E-state index in [1.807, 2.05) is 0 Å². The Balaban J connectivity index is 3.20. The fraction of sp³-hybridized carbons (Fsp3) is 0.222. The SMILES string of the molecule is COc1cc(OCC#N)c([N+](=O)[O-])cc1Cl. The van der Waals surface area contributed by atoms with Crippen LogP contribution in [0, 0.1) is 21.4 Å². The van der Waals surface area contributed by atoms with Crippen molar-refractivity contribution < 1.29 is 14.4 Å². The summed E-state index contributed by atoms with van der Waals surface area (Å²) in [7, 11) is 1.38. The normalized spacial score (nSPS) is 9.31. The number of nitriles is 1. The highest BCUT2D eigenvalue weighted by atomic mass is 35.5. The highest BCUT2D eigenvalue weighted by molar-refractivity contribution is 6.32. The highest BCUT2D eigenvalue weighted by Gasteiger charge is 2.19. The van der Waals surface area contributed by atoms with Gasteiger partial charge in [0, 0.05) is 12.1 Å². The summed E-state index contributed by atoms with van der Waals surface area (Å²) in [5, 5.41) is 19.1. The van der Waals surface area contributed by atoms with Gasteiger partial charge in [0.15, 0.2) is 6.61 Å². The van der Waals surface area contributed by atoms with Crippen molar-refractivity contribution in [3.8, 4) is 17.6 Å². The zero-order chi connectivity index (χ0) is 12.1. The Morgan fingerprint density at radius 2 is 2.25 bits per heavy atom. The molecule has 1 rings (SSSR count). The van der Waals surface area contributed by atoms with E-state index < -0.39 is 4.92 Å². The number of nitro benzene ring substituents is 1. The van der Waals surface area contributed by atoms with E-state index in [2.05, 4.69) is 0 Å². The van der Waals surface area contributed by atoms with Crippen molar-refractivity contribution in [3.63, 3.8) is 0 Å². The van der Waals surface area contributed by atoms with Gasteiger partial charge in [0.25, 0.3) is 0 Å². The standard InChI is InChI=1S/C9H7ClN2O4/c1-15-8-5-9(16-3-2-11)7(12(13)14)4-6(8)10/h4-5H,3H2,1H3. The lowest BCUT2D eigenvalue weighted by Gasteiger charge is -2.07. The maximum Gasteiger partial charge on any atom is 0.312 e. The van der Waals surface area contributed by atoms with Crippen molar-refractivity contribution in [2.45, 2.75) is 0 Å². The molecule has 0 N–H and O–H groups in total. The Bertz CT molecular complexity index is 456. The molecule has 1 aromatic rings. The van der Waals surface area contributed by atoms with Crippen LogP contribution < -0.4 is 9.47 Å². The van der Waals surface area contributed by atoms with Gasteiger partial charge in [0.1, 0.15) is 11.8 Å². The molecule has 0 atom stereocenters. The highest BCUT2D eigenvalue weighted by Crippen LogP contribution is 2.37. The van der Waals surface area contributed by atoms with Crippen LogP contribution in [0.1, 0.15) is 0 Å². The summed E-state index contributed by atoms with van der Waals surface area (Å²) in [6.45, 7) is -0.286. The second-order valence-corrected chi connectivity index (χ2v) is 3.07. The molecule has 0 saturated carbocycles. The largest absolute Gasteiger partial charge is 0.495 e. The minimum Gasteiger partial charge on any atom is -0.495 e. The average molecular weight is 243 g/mol. The number of rotatable bonds is 4. The molecule has 1 aromatic carbocycles. The van der Waals surface area contributed by atoms with E-state index in [0.717, 1.165) is 6.07 Å². The lowest BCUT2D eigenvalue weighted by atomic mass is 10.3. The summed E-state index contributed by atoms with van der Waals surface area (Å²) < 4.78 is 9.79. The quantitative estimate of drug-likeness (QED) is 0.596. The molecule has 7 heteroatoms. The van der Waals surface area contributed by atoms with Crippen molar-refractivity contribution in [2.24, 2.45) is 0 Å². The van der Waals surface area contributed by atoms with Crippen LogP contribution in [0.4, 0.5) is 5.69 Å². The molecule has 0 fully saturated rings. The maximum absolute atomic E-state index is 10.7. The zero-order valence-electron chi connectivity index (χ0n) is 8.27. The van der Waals surface area contributed by atoms with Gasteiger partial charge in [-0.25, -0.2) is 0 Å². The Hall–Kier alpha value is -2.00. The summed E-state index contributed by atoms with van der Waals surface area (Å²) in [5.41, 5.74) is -0.305. The Kier molecular flexibility index (Phi) is 3.91. The van der Waals surface area contributed by atoms with Crippen molar-refractivity contribution in [1.29, 1.82) is 5.26 Å². The van der Waals surface area contributed by atoms with Crippen LogP contribution in [0.2, 0.25) is 5.02 Å². The smallest absolute Gasteiger partial charge is 0.312 e. The van der Waals surface area contributed by atoms with Gasteiger partial charge >= 0.3 is 5.69 Å². The van der Waals surface area contributed by atoms with Gasteiger partial charge in [-0.1, -0.05) is 11.6 Å². The minimum absolute atomic E-state index is 0.0483. The molecular formula is C9H7ClN2O4. The molecule has 0 aliphatic carbocycles. The number of nitro groups is 1. The van der Waals surface area contributed by atoms with Gasteiger partial charge in [0.2, 0.25) is 5.75 Å². The van der Waals surface area contributed by atoms with Gasteiger partial charge in [-0.2, -0.15) is 5.26 Å². The van der Waals surface area contributed by atoms with Crippen LogP contribution in [-0.4, -0.2) is 18.6 Å². The van der Waals surface area contributed by atoms with Crippen molar-refractivity contribution >= 4 is 17.3 Å². The zero-order valence-corrected chi connectivity index (χ0v) is 9.02. The van der Waals surface area contributed by atoms with Gasteiger partial charge in [-0.15, -0.1) is 0 Å². The molecule has 0 unspecified atom stereocenters. The predicted molar refractivity (Wildman–Crippen MR) is 55.8 cm³/mol. The molecule has 84 valence electrons. The van der Waals surface area contributed by atoms with Crippen LogP contribution >= 0.6 is 11.6 Å². The molecule has 0 radical (unpaired) electrons. The third-order valence-electron chi connectivity index (χ3n) is 1.72. The molecular weight excluding hydrogens is 236 g/mol.